The molecule has 0 aliphatic heterocycles. The van der Waals surface area contributed by atoms with E-state index >= 15 is 0 Å². The molecule has 0 atom stereocenters. The molecule has 0 N–H and O–H groups in total. The summed E-state index contributed by atoms with van der Waals surface area (Å²) in [4.78, 5) is 12.7. The van der Waals surface area contributed by atoms with Crippen LogP contribution in [0.4, 0.5) is 5.82 Å². The minimum Gasteiger partial charge on any atom is -0.259 e. The number of aryl methyl sites for hydroxylation is 1. The highest BCUT2D eigenvalue weighted by molar-refractivity contribution is 14.1. The molecule has 20 heavy (non-hydrogen) atoms. The van der Waals surface area contributed by atoms with E-state index in [1.54, 1.807) is 17.5 Å². The Morgan fingerprint density at radius 3 is 2.95 bits per heavy atom. The van der Waals surface area contributed by atoms with Crippen molar-refractivity contribution in [1.29, 1.82) is 0 Å². The van der Waals surface area contributed by atoms with Crippen LogP contribution >= 0.6 is 33.9 Å². The largest absolute Gasteiger partial charge is 0.259 e. The zero-order chi connectivity index (χ0) is 13.9. The summed E-state index contributed by atoms with van der Waals surface area (Å²) >= 11 is 3.95. The molecule has 0 unspecified atom stereocenters. The van der Waals surface area contributed by atoms with Crippen molar-refractivity contribution in [2.45, 2.75) is 13.5 Å². The van der Waals surface area contributed by atoms with E-state index in [0.717, 1.165) is 15.9 Å². The fourth-order valence-corrected chi connectivity index (χ4v) is 3.55. The molecular formula is C13H10IN5S. The highest BCUT2D eigenvalue weighted by Crippen LogP contribution is 2.35. The Labute approximate surface area is 133 Å². The van der Waals surface area contributed by atoms with E-state index in [4.69, 9.17) is 0 Å². The maximum atomic E-state index is 4.31. The molecular weight excluding hydrogens is 385 g/mol. The number of aromatic nitrogens is 3. The van der Waals surface area contributed by atoms with Crippen molar-refractivity contribution >= 4 is 50.0 Å². The average Bonchev–Trinajstić information content (AvgIpc) is 2.77. The van der Waals surface area contributed by atoms with E-state index in [-0.39, 0.29) is 0 Å². The first kappa shape index (κ1) is 13.5. The Hall–Kier alpha value is -1.48. The minimum absolute atomic E-state index is 0.452. The van der Waals surface area contributed by atoms with E-state index in [1.807, 2.05) is 18.2 Å². The van der Waals surface area contributed by atoms with Gasteiger partial charge in [-0.25, -0.2) is 9.97 Å². The maximum Gasteiger partial charge on any atom is 0.195 e. The fourth-order valence-electron chi connectivity index (χ4n) is 1.72. The molecule has 3 aromatic rings. The molecule has 3 aromatic heterocycles. The van der Waals surface area contributed by atoms with Gasteiger partial charge >= 0.3 is 0 Å². The summed E-state index contributed by atoms with van der Waals surface area (Å²) in [6.07, 6.45) is 3.28. The van der Waals surface area contributed by atoms with Crippen LogP contribution in [0, 0.1) is 9.81 Å². The number of rotatable bonds is 3. The van der Waals surface area contributed by atoms with Crippen LogP contribution in [0.2, 0.25) is 0 Å². The van der Waals surface area contributed by atoms with Gasteiger partial charge in [-0.15, -0.1) is 16.5 Å². The van der Waals surface area contributed by atoms with Gasteiger partial charge in [-0.1, -0.05) is 6.07 Å². The van der Waals surface area contributed by atoms with Crippen molar-refractivity contribution < 1.29 is 0 Å². The summed E-state index contributed by atoms with van der Waals surface area (Å²) in [5.74, 6) is 0.627. The Morgan fingerprint density at radius 1 is 1.25 bits per heavy atom. The summed E-state index contributed by atoms with van der Waals surface area (Å²) in [7, 11) is 0. The highest BCUT2D eigenvalue weighted by atomic mass is 127. The van der Waals surface area contributed by atoms with Crippen LogP contribution in [-0.4, -0.2) is 15.0 Å². The highest BCUT2D eigenvalue weighted by Gasteiger charge is 2.11. The zero-order valence-electron chi connectivity index (χ0n) is 10.6. The van der Waals surface area contributed by atoms with Gasteiger partial charge in [-0.3, -0.25) is 4.98 Å². The Kier molecular flexibility index (Phi) is 3.97. The van der Waals surface area contributed by atoms with Crippen molar-refractivity contribution in [3.05, 3.63) is 44.9 Å². The molecule has 0 aliphatic rings. The molecule has 5 nitrogen and oxygen atoms in total. The lowest BCUT2D eigenvalue weighted by atomic mass is 10.3. The van der Waals surface area contributed by atoms with Crippen LogP contribution in [0.5, 0.6) is 0 Å². The van der Waals surface area contributed by atoms with Gasteiger partial charge in [-0.05, 0) is 47.2 Å². The van der Waals surface area contributed by atoms with Crippen molar-refractivity contribution in [2.24, 2.45) is 10.2 Å². The number of hydrogen-bond donors (Lipinski definition) is 0. The van der Waals surface area contributed by atoms with Gasteiger partial charge in [0, 0.05) is 6.20 Å². The van der Waals surface area contributed by atoms with E-state index in [1.165, 1.54) is 14.8 Å². The summed E-state index contributed by atoms with van der Waals surface area (Å²) in [6.45, 7) is 2.51. The van der Waals surface area contributed by atoms with Crippen molar-refractivity contribution in [2.75, 3.05) is 0 Å². The first-order valence-electron chi connectivity index (χ1n) is 5.92. The smallest absolute Gasteiger partial charge is 0.195 e. The lowest BCUT2D eigenvalue weighted by Crippen LogP contribution is -1.84. The average molecular weight is 395 g/mol. The second kappa shape index (κ2) is 5.88. The monoisotopic (exact) mass is 395 g/mol. The predicted molar refractivity (Wildman–Crippen MR) is 87.3 cm³/mol. The van der Waals surface area contributed by atoms with Gasteiger partial charge in [0.2, 0.25) is 0 Å². The molecule has 7 heteroatoms. The SMILES string of the molecule is Cc1c(I)sc2c(N=NCc3ccccn3)ncnc12. The molecule has 0 fully saturated rings. The van der Waals surface area contributed by atoms with Crippen LogP contribution < -0.4 is 0 Å². The molecule has 0 amide bonds. The minimum atomic E-state index is 0.452. The van der Waals surface area contributed by atoms with Crippen LogP contribution in [0.1, 0.15) is 11.3 Å². The molecule has 0 radical (unpaired) electrons. The molecule has 0 saturated heterocycles. The lowest BCUT2D eigenvalue weighted by Gasteiger charge is -1.95. The Morgan fingerprint density at radius 2 is 2.15 bits per heavy atom. The standard InChI is InChI=1S/C13H10IN5S/c1-8-10-11(20-12(8)14)13(17-7-16-10)19-18-6-9-4-2-3-5-15-9/h2-5,7H,6H2,1H3. The number of fused-ring (bicyclic) bond motifs is 1. The topological polar surface area (TPSA) is 63.4 Å². The van der Waals surface area contributed by atoms with Crippen molar-refractivity contribution in [1.82, 2.24) is 15.0 Å². The Balaban J connectivity index is 1.89. The third-order valence-electron chi connectivity index (χ3n) is 2.75. The van der Waals surface area contributed by atoms with Gasteiger partial charge in [0.05, 0.1) is 14.1 Å². The fraction of sp³-hybridized carbons (Fsp3) is 0.154. The summed E-state index contributed by atoms with van der Waals surface area (Å²) < 4.78 is 2.19. The number of thiophene rings is 1. The van der Waals surface area contributed by atoms with Crippen molar-refractivity contribution in [3.8, 4) is 0 Å². The van der Waals surface area contributed by atoms with E-state index in [2.05, 4.69) is 54.7 Å². The molecule has 0 aliphatic carbocycles. The van der Waals surface area contributed by atoms with Gasteiger partial charge in [0.1, 0.15) is 17.6 Å². The van der Waals surface area contributed by atoms with E-state index in [0.29, 0.717) is 12.4 Å². The first-order chi connectivity index (χ1) is 9.75. The van der Waals surface area contributed by atoms with Crippen LogP contribution in [0.15, 0.2) is 41.0 Å². The van der Waals surface area contributed by atoms with Gasteiger partial charge in [0.15, 0.2) is 5.82 Å². The summed E-state index contributed by atoms with van der Waals surface area (Å²) in [6, 6.07) is 5.74. The molecule has 0 aromatic carbocycles. The van der Waals surface area contributed by atoms with E-state index in [9.17, 15) is 0 Å². The number of nitrogens with zero attached hydrogens (tertiary/aromatic N) is 5. The van der Waals surface area contributed by atoms with Gasteiger partial charge in [-0.2, -0.15) is 5.11 Å². The second-order valence-corrected chi connectivity index (χ2v) is 6.93. The third-order valence-corrected chi connectivity index (χ3v) is 5.29. The van der Waals surface area contributed by atoms with Crippen LogP contribution in [-0.2, 0) is 6.54 Å². The number of halogens is 1. The molecule has 3 heterocycles. The van der Waals surface area contributed by atoms with E-state index < -0.39 is 0 Å². The Bertz CT molecular complexity index is 769. The molecule has 100 valence electrons. The predicted octanol–water partition coefficient (Wildman–Crippen LogP) is 4.28. The number of azo groups is 1. The lowest BCUT2D eigenvalue weighted by molar-refractivity contribution is 0.908. The van der Waals surface area contributed by atoms with Gasteiger partial charge in [0.25, 0.3) is 0 Å². The molecule has 0 spiro atoms. The van der Waals surface area contributed by atoms with Crippen molar-refractivity contribution in [3.63, 3.8) is 0 Å². The zero-order valence-corrected chi connectivity index (χ0v) is 13.6. The number of pyridine rings is 1. The third kappa shape index (κ3) is 2.68. The van der Waals surface area contributed by atoms with Crippen LogP contribution in [0.3, 0.4) is 0 Å². The summed E-state index contributed by atoms with van der Waals surface area (Å²) in [5, 5.41) is 8.40. The second-order valence-electron chi connectivity index (χ2n) is 4.10. The van der Waals surface area contributed by atoms with Gasteiger partial charge < -0.3 is 0 Å². The molecule has 3 rings (SSSR count). The maximum absolute atomic E-state index is 4.31. The quantitative estimate of drug-likeness (QED) is 0.491. The molecule has 0 saturated carbocycles. The summed E-state index contributed by atoms with van der Waals surface area (Å²) in [5.41, 5.74) is 3.02. The normalized spacial score (nSPS) is 11.5. The van der Waals surface area contributed by atoms with Crippen LogP contribution in [0.25, 0.3) is 10.2 Å². The first-order valence-corrected chi connectivity index (χ1v) is 7.82. The number of hydrogen-bond acceptors (Lipinski definition) is 6. The molecule has 0 bridgehead atoms.